The number of hydrogen-bond donors (Lipinski definition) is 1. The molecule has 200 valence electrons. The molecule has 1 aliphatic rings. The van der Waals surface area contributed by atoms with E-state index in [4.69, 9.17) is 14.5 Å². The van der Waals surface area contributed by atoms with E-state index in [0.717, 1.165) is 4.47 Å². The van der Waals surface area contributed by atoms with Crippen molar-refractivity contribution in [2.75, 3.05) is 27.3 Å². The molecule has 1 amide bonds. The minimum Gasteiger partial charge on any atom is -0.506 e. The fourth-order valence-corrected chi connectivity index (χ4v) is 7.05. The van der Waals surface area contributed by atoms with Crippen molar-refractivity contribution in [3.8, 4) is 17.2 Å². The first-order valence-electron chi connectivity index (χ1n) is 11.9. The van der Waals surface area contributed by atoms with Crippen LogP contribution in [0.3, 0.4) is 0 Å². The molecular weight excluding hydrogens is 685 g/mol. The van der Waals surface area contributed by atoms with Crippen molar-refractivity contribution in [3.05, 3.63) is 80.5 Å². The number of ether oxygens (including phenoxy) is 2. The van der Waals surface area contributed by atoms with Crippen LogP contribution in [0.25, 0.3) is 6.08 Å². The number of halogens is 2. The molecule has 1 aliphatic heterocycles. The van der Waals surface area contributed by atoms with E-state index in [1.807, 2.05) is 36.4 Å². The third-order valence-corrected chi connectivity index (χ3v) is 8.64. The molecule has 8 nitrogen and oxygen atoms in total. The molecule has 2 aromatic carbocycles. The number of aromatic nitrogens is 1. The molecule has 0 bridgehead atoms. The van der Waals surface area contributed by atoms with Crippen molar-refractivity contribution in [3.63, 3.8) is 0 Å². The zero-order chi connectivity index (χ0) is 27.7. The summed E-state index contributed by atoms with van der Waals surface area (Å²) in [5.41, 5.74) is 1.72. The van der Waals surface area contributed by atoms with E-state index in [9.17, 15) is 14.7 Å². The summed E-state index contributed by atoms with van der Waals surface area (Å²) in [7, 11) is 3.11. The Bertz CT molecular complexity index is 1620. The summed E-state index contributed by atoms with van der Waals surface area (Å²) in [6.45, 7) is 6.65. The van der Waals surface area contributed by atoms with E-state index in [1.54, 1.807) is 62.5 Å². The van der Waals surface area contributed by atoms with Crippen LogP contribution in [0, 0.1) is 3.57 Å². The number of fused-ring (bicyclic) bond motifs is 1. The number of thiazole rings is 1. The number of carbonyl (C=O) groups excluding carboxylic acids is 1. The fraction of sp³-hybridized carbons (Fsp3) is 0.296. The van der Waals surface area contributed by atoms with Gasteiger partial charge in [0, 0.05) is 28.7 Å². The van der Waals surface area contributed by atoms with Crippen LogP contribution in [-0.2, 0) is 4.79 Å². The van der Waals surface area contributed by atoms with Crippen molar-refractivity contribution in [1.29, 1.82) is 0 Å². The molecule has 0 unspecified atom stereocenters. The molecule has 0 saturated heterocycles. The largest absolute Gasteiger partial charge is 0.506 e. The number of methoxy groups -OCH3 is 2. The standard InChI is InChI=1S/C27H27BrIN3O5S/c1-6-31(7-2)26(35)22-14(3)30-27-32(23(22)18-13-17(36-4)8-9-20(18)37-5)25(34)21(38-27)11-15-10-16(28)12-19(29)24(15)33/h8-13,23,33H,6-7H2,1-5H3/b21-11+/t23-/m1/s1. The van der Waals surface area contributed by atoms with Crippen LogP contribution in [0.5, 0.6) is 17.2 Å². The Hall–Kier alpha value is -2.64. The monoisotopic (exact) mass is 711 g/mol. The van der Waals surface area contributed by atoms with Crippen molar-refractivity contribution in [1.82, 2.24) is 9.47 Å². The maximum Gasteiger partial charge on any atom is 0.271 e. The summed E-state index contributed by atoms with van der Waals surface area (Å²) in [5.74, 6) is 0.976. The second kappa shape index (κ2) is 11.6. The number of phenols is 1. The van der Waals surface area contributed by atoms with Gasteiger partial charge >= 0.3 is 0 Å². The van der Waals surface area contributed by atoms with Gasteiger partial charge in [0.2, 0.25) is 0 Å². The molecule has 0 fully saturated rings. The second-order valence-electron chi connectivity index (χ2n) is 8.49. The molecular formula is C27H27BrIN3O5S. The molecule has 0 saturated carbocycles. The van der Waals surface area contributed by atoms with Gasteiger partial charge in [0.1, 0.15) is 23.3 Å². The highest BCUT2D eigenvalue weighted by Gasteiger charge is 2.36. The smallest absolute Gasteiger partial charge is 0.271 e. The molecule has 0 aliphatic carbocycles. The molecule has 0 spiro atoms. The van der Waals surface area contributed by atoms with E-state index in [0.29, 0.717) is 59.9 Å². The molecule has 1 aromatic heterocycles. The average Bonchev–Trinajstić information content (AvgIpc) is 3.20. The molecule has 2 heterocycles. The minimum atomic E-state index is -0.789. The quantitative estimate of drug-likeness (QED) is 0.372. The maximum absolute atomic E-state index is 14.0. The fourth-order valence-electron chi connectivity index (χ4n) is 4.46. The highest BCUT2D eigenvalue weighted by molar-refractivity contribution is 14.1. The number of likely N-dealkylation sites (N-methyl/N-ethyl adjacent to an activating group) is 1. The van der Waals surface area contributed by atoms with Gasteiger partial charge in [-0.05, 0) is 79.8 Å². The topological polar surface area (TPSA) is 93.4 Å². The van der Waals surface area contributed by atoms with Gasteiger partial charge in [0.05, 0.1) is 33.6 Å². The van der Waals surface area contributed by atoms with Gasteiger partial charge in [0.15, 0.2) is 4.80 Å². The summed E-state index contributed by atoms with van der Waals surface area (Å²) < 4.78 is 14.5. The van der Waals surface area contributed by atoms with E-state index in [-0.39, 0.29) is 17.2 Å². The highest BCUT2D eigenvalue weighted by Crippen LogP contribution is 2.38. The number of rotatable bonds is 7. The SMILES string of the molecule is CCN(CC)C(=O)C1=C(C)N=c2s/c(=C/c3cc(Br)cc(I)c3O)c(=O)n2[C@@H]1c1cc(OC)ccc1OC. The number of nitrogens with zero attached hydrogens (tertiary/aromatic N) is 3. The van der Waals surface area contributed by atoms with Crippen LogP contribution in [0.1, 0.15) is 37.9 Å². The number of phenolic OH excluding ortho intramolecular Hbond substituents is 1. The van der Waals surface area contributed by atoms with Crippen molar-refractivity contribution < 1.29 is 19.4 Å². The van der Waals surface area contributed by atoms with Crippen LogP contribution >= 0.6 is 49.9 Å². The van der Waals surface area contributed by atoms with Gasteiger partial charge in [0.25, 0.3) is 11.5 Å². The molecule has 3 aromatic rings. The second-order valence-corrected chi connectivity index (χ2v) is 11.6. The van der Waals surface area contributed by atoms with Crippen LogP contribution in [0.15, 0.2) is 55.9 Å². The Kier molecular flexibility index (Phi) is 8.68. The van der Waals surface area contributed by atoms with Gasteiger partial charge in [-0.25, -0.2) is 4.99 Å². The molecule has 11 heteroatoms. The van der Waals surface area contributed by atoms with E-state index < -0.39 is 6.04 Å². The summed E-state index contributed by atoms with van der Waals surface area (Å²) >= 11 is 6.70. The number of amides is 1. The van der Waals surface area contributed by atoms with Gasteiger partial charge < -0.3 is 19.5 Å². The van der Waals surface area contributed by atoms with Crippen molar-refractivity contribution in [2.24, 2.45) is 4.99 Å². The minimum absolute atomic E-state index is 0.0826. The van der Waals surface area contributed by atoms with Gasteiger partial charge in [-0.3, -0.25) is 14.2 Å². The zero-order valence-electron chi connectivity index (χ0n) is 21.5. The lowest BCUT2D eigenvalue weighted by molar-refractivity contribution is -0.127. The summed E-state index contributed by atoms with van der Waals surface area (Å²) in [6, 6.07) is 8.07. The van der Waals surface area contributed by atoms with E-state index in [2.05, 4.69) is 15.9 Å². The lowest BCUT2D eigenvalue weighted by Crippen LogP contribution is -2.43. The molecule has 38 heavy (non-hydrogen) atoms. The van der Waals surface area contributed by atoms with Crippen LogP contribution in [0.2, 0.25) is 0 Å². The summed E-state index contributed by atoms with van der Waals surface area (Å²) in [4.78, 5) is 34.7. The summed E-state index contributed by atoms with van der Waals surface area (Å²) in [5, 5.41) is 10.6. The zero-order valence-corrected chi connectivity index (χ0v) is 26.1. The normalized spacial score (nSPS) is 15.2. The van der Waals surface area contributed by atoms with Gasteiger partial charge in [-0.1, -0.05) is 27.3 Å². The number of carbonyl (C=O) groups is 1. The number of hydrogen-bond acceptors (Lipinski definition) is 7. The number of benzene rings is 2. The van der Waals surface area contributed by atoms with E-state index in [1.165, 1.54) is 15.9 Å². The Morgan fingerprint density at radius 1 is 1.24 bits per heavy atom. The Morgan fingerprint density at radius 3 is 2.58 bits per heavy atom. The van der Waals surface area contributed by atoms with E-state index >= 15 is 0 Å². The van der Waals surface area contributed by atoms with Crippen LogP contribution in [-0.4, -0.2) is 47.8 Å². The first-order valence-corrected chi connectivity index (χ1v) is 14.6. The summed E-state index contributed by atoms with van der Waals surface area (Å²) in [6.07, 6.45) is 1.65. The van der Waals surface area contributed by atoms with Gasteiger partial charge in [-0.2, -0.15) is 0 Å². The predicted molar refractivity (Wildman–Crippen MR) is 160 cm³/mol. The molecule has 0 radical (unpaired) electrons. The third kappa shape index (κ3) is 5.15. The highest BCUT2D eigenvalue weighted by atomic mass is 127. The predicted octanol–water partition coefficient (Wildman–Crippen LogP) is 4.19. The lowest BCUT2D eigenvalue weighted by Gasteiger charge is -2.30. The first-order chi connectivity index (χ1) is 18.1. The average molecular weight is 712 g/mol. The molecule has 4 rings (SSSR count). The lowest BCUT2D eigenvalue weighted by atomic mass is 9.93. The first kappa shape index (κ1) is 28.4. The third-order valence-electron chi connectivity index (χ3n) is 6.38. The Labute approximate surface area is 246 Å². The maximum atomic E-state index is 14.0. The van der Waals surface area contributed by atoms with Crippen LogP contribution in [0.4, 0.5) is 0 Å². The van der Waals surface area contributed by atoms with Crippen molar-refractivity contribution >= 4 is 61.8 Å². The molecule has 1 N–H and O–H groups in total. The van der Waals surface area contributed by atoms with Crippen molar-refractivity contribution in [2.45, 2.75) is 26.8 Å². The Morgan fingerprint density at radius 2 is 1.95 bits per heavy atom. The van der Waals surface area contributed by atoms with Crippen LogP contribution < -0.4 is 24.4 Å². The number of aromatic hydroxyl groups is 1. The number of allylic oxidation sites excluding steroid dienone is 1. The molecule has 1 atom stereocenters. The Balaban J connectivity index is 2.05. The van der Waals surface area contributed by atoms with Gasteiger partial charge in [-0.15, -0.1) is 0 Å².